The minimum absolute atomic E-state index is 0.197. The van der Waals surface area contributed by atoms with E-state index in [1.54, 1.807) is 36.4 Å². The summed E-state index contributed by atoms with van der Waals surface area (Å²) in [6.45, 7) is 4.68. The lowest BCUT2D eigenvalue weighted by atomic mass is 10.1. The smallest absolute Gasteiger partial charge is 0.335 e. The van der Waals surface area contributed by atoms with Crippen LogP contribution in [0, 0.1) is 6.92 Å². The third-order valence-electron chi connectivity index (χ3n) is 5.57. The van der Waals surface area contributed by atoms with Gasteiger partial charge in [-0.15, -0.1) is 0 Å². The number of nitrogens with zero attached hydrogens (tertiary/aromatic N) is 1. The van der Waals surface area contributed by atoms with Crippen molar-refractivity contribution in [2.45, 2.75) is 20.5 Å². The molecule has 1 aliphatic rings. The van der Waals surface area contributed by atoms with Gasteiger partial charge in [-0.25, -0.2) is 9.69 Å². The van der Waals surface area contributed by atoms with Gasteiger partial charge in [0, 0.05) is 0 Å². The second-order valence-corrected chi connectivity index (χ2v) is 9.05. The molecule has 0 radical (unpaired) electrons. The molecule has 9 heteroatoms. The van der Waals surface area contributed by atoms with Crippen LogP contribution >= 0.6 is 15.9 Å². The van der Waals surface area contributed by atoms with Crippen LogP contribution in [-0.4, -0.2) is 31.6 Å². The number of nitrogens with one attached hydrogen (secondary N) is 1. The predicted octanol–water partition coefficient (Wildman–Crippen LogP) is 5.41. The monoisotopic (exact) mass is 564 g/mol. The average Bonchev–Trinajstić information content (AvgIpc) is 2.88. The molecule has 0 unspecified atom stereocenters. The zero-order valence-corrected chi connectivity index (χ0v) is 22.1. The van der Waals surface area contributed by atoms with Crippen molar-refractivity contribution in [1.29, 1.82) is 0 Å². The van der Waals surface area contributed by atoms with Crippen molar-refractivity contribution >= 4 is 45.5 Å². The van der Waals surface area contributed by atoms with Crippen molar-refractivity contribution in [1.82, 2.24) is 5.32 Å². The first-order valence-corrected chi connectivity index (χ1v) is 12.3. The van der Waals surface area contributed by atoms with Crippen LogP contribution in [-0.2, 0) is 16.2 Å². The molecular formula is C28H25BrN2O6. The molecule has 3 aromatic rings. The van der Waals surface area contributed by atoms with Gasteiger partial charge in [0.1, 0.15) is 17.9 Å². The molecule has 1 heterocycles. The maximum atomic E-state index is 13.3. The molecule has 3 aromatic carbocycles. The highest BCUT2D eigenvalue weighted by Gasteiger charge is 2.37. The van der Waals surface area contributed by atoms with Crippen LogP contribution < -0.4 is 24.4 Å². The lowest BCUT2D eigenvalue weighted by molar-refractivity contribution is -0.122. The molecule has 1 fully saturated rings. The molecule has 4 amide bonds. The molecule has 190 valence electrons. The van der Waals surface area contributed by atoms with Gasteiger partial charge in [0.15, 0.2) is 11.5 Å². The Morgan fingerprint density at radius 3 is 2.32 bits per heavy atom. The number of urea groups is 1. The Morgan fingerprint density at radius 1 is 0.973 bits per heavy atom. The Morgan fingerprint density at radius 2 is 1.68 bits per heavy atom. The van der Waals surface area contributed by atoms with Crippen molar-refractivity contribution in [2.24, 2.45) is 0 Å². The molecule has 0 aromatic heterocycles. The normalized spacial score (nSPS) is 14.5. The largest absolute Gasteiger partial charge is 0.493 e. The SMILES string of the molecule is CCOc1c(Br)cc(/C=C2\C(=O)NC(=O)N(c3ccc(OCc4ccc(C)cc4)cc3)C2=O)cc1OC. The van der Waals surface area contributed by atoms with Gasteiger partial charge in [0.25, 0.3) is 11.8 Å². The van der Waals surface area contributed by atoms with Gasteiger partial charge in [-0.2, -0.15) is 0 Å². The van der Waals surface area contributed by atoms with Crippen molar-refractivity contribution in [2.75, 3.05) is 18.6 Å². The summed E-state index contributed by atoms with van der Waals surface area (Å²) in [6.07, 6.45) is 1.40. The van der Waals surface area contributed by atoms with Crippen molar-refractivity contribution in [3.8, 4) is 17.2 Å². The fraction of sp³-hybridized carbons (Fsp3) is 0.179. The quantitative estimate of drug-likeness (QED) is 0.290. The fourth-order valence-electron chi connectivity index (χ4n) is 3.71. The molecule has 1 aliphatic heterocycles. The highest BCUT2D eigenvalue weighted by Crippen LogP contribution is 2.37. The molecule has 4 rings (SSSR count). The van der Waals surface area contributed by atoms with Crippen molar-refractivity contribution < 1.29 is 28.6 Å². The summed E-state index contributed by atoms with van der Waals surface area (Å²) in [7, 11) is 1.49. The van der Waals surface area contributed by atoms with Crippen LogP contribution in [0.25, 0.3) is 6.08 Å². The molecule has 1 N–H and O–H groups in total. The van der Waals surface area contributed by atoms with Gasteiger partial charge >= 0.3 is 6.03 Å². The number of hydrogen-bond donors (Lipinski definition) is 1. The first-order chi connectivity index (χ1) is 17.8. The number of carbonyl (C=O) groups excluding carboxylic acids is 3. The minimum atomic E-state index is -0.828. The zero-order chi connectivity index (χ0) is 26.5. The number of rotatable bonds is 8. The van der Waals surface area contributed by atoms with Crippen LogP contribution in [0.4, 0.5) is 10.5 Å². The molecule has 1 saturated heterocycles. The Kier molecular flexibility index (Phi) is 7.93. The summed E-state index contributed by atoms with van der Waals surface area (Å²) in [5.41, 5.74) is 2.80. The molecule has 0 bridgehead atoms. The van der Waals surface area contributed by atoms with E-state index in [0.29, 0.717) is 46.2 Å². The van der Waals surface area contributed by atoms with Gasteiger partial charge in [0.2, 0.25) is 0 Å². The number of ether oxygens (including phenoxy) is 3. The summed E-state index contributed by atoms with van der Waals surface area (Å²) >= 11 is 3.43. The number of imide groups is 2. The number of benzene rings is 3. The molecule has 37 heavy (non-hydrogen) atoms. The Balaban J connectivity index is 1.56. The third-order valence-corrected chi connectivity index (χ3v) is 6.16. The van der Waals surface area contributed by atoms with E-state index in [1.807, 2.05) is 38.1 Å². The molecule has 0 atom stereocenters. The minimum Gasteiger partial charge on any atom is -0.493 e. The van der Waals surface area contributed by atoms with Gasteiger partial charge in [-0.1, -0.05) is 29.8 Å². The molecular weight excluding hydrogens is 540 g/mol. The van der Waals surface area contributed by atoms with E-state index in [9.17, 15) is 14.4 Å². The fourth-order valence-corrected chi connectivity index (χ4v) is 4.28. The summed E-state index contributed by atoms with van der Waals surface area (Å²) in [5.74, 6) is -0.0133. The van der Waals surface area contributed by atoms with Crippen molar-refractivity contribution in [3.63, 3.8) is 0 Å². The maximum absolute atomic E-state index is 13.3. The van der Waals surface area contributed by atoms with Crippen LogP contribution in [0.3, 0.4) is 0 Å². The number of carbonyl (C=O) groups is 3. The van der Waals surface area contributed by atoms with Crippen LogP contribution in [0.2, 0.25) is 0 Å². The third kappa shape index (κ3) is 5.83. The first-order valence-electron chi connectivity index (χ1n) is 11.5. The Labute approximate surface area is 223 Å². The van der Waals surface area contributed by atoms with Crippen LogP contribution in [0.1, 0.15) is 23.6 Å². The van der Waals surface area contributed by atoms with Gasteiger partial charge in [-0.05, 0) is 83.4 Å². The van der Waals surface area contributed by atoms with E-state index in [0.717, 1.165) is 10.5 Å². The van der Waals surface area contributed by atoms with Gasteiger partial charge in [0.05, 0.1) is 23.9 Å². The number of barbiturate groups is 1. The molecule has 0 saturated carbocycles. The lowest BCUT2D eigenvalue weighted by Gasteiger charge is -2.26. The Hall–Kier alpha value is -4.11. The maximum Gasteiger partial charge on any atom is 0.335 e. The number of hydrogen-bond acceptors (Lipinski definition) is 6. The predicted molar refractivity (Wildman–Crippen MR) is 143 cm³/mol. The number of halogens is 1. The molecule has 8 nitrogen and oxygen atoms in total. The first kappa shape index (κ1) is 26.0. The van der Waals surface area contributed by atoms with Crippen LogP contribution in [0.15, 0.2) is 70.7 Å². The highest BCUT2D eigenvalue weighted by atomic mass is 79.9. The van der Waals surface area contributed by atoms with E-state index in [1.165, 1.54) is 18.7 Å². The Bertz CT molecular complexity index is 1370. The van der Waals surface area contributed by atoms with E-state index in [4.69, 9.17) is 14.2 Å². The topological polar surface area (TPSA) is 94.2 Å². The van der Waals surface area contributed by atoms with Gasteiger partial charge in [-0.3, -0.25) is 14.9 Å². The zero-order valence-electron chi connectivity index (χ0n) is 20.5. The number of methoxy groups -OCH3 is 1. The van der Waals surface area contributed by atoms with E-state index in [2.05, 4.69) is 21.2 Å². The number of aryl methyl sites for hydroxylation is 1. The van der Waals surface area contributed by atoms with E-state index < -0.39 is 17.8 Å². The standard InChI is InChI=1S/C28H25BrN2O6/c1-4-36-25-23(29)14-19(15-24(25)35-3)13-22-26(32)30-28(34)31(27(22)33)20-9-11-21(12-10-20)37-16-18-7-5-17(2)6-8-18/h5-15H,4,16H2,1-3H3,(H,30,32,34)/b22-13+. The van der Waals surface area contributed by atoms with Crippen LogP contribution in [0.5, 0.6) is 17.2 Å². The number of anilines is 1. The summed E-state index contributed by atoms with van der Waals surface area (Å²) < 4.78 is 17.4. The second kappa shape index (κ2) is 11.3. The summed E-state index contributed by atoms with van der Waals surface area (Å²) in [6, 6.07) is 17.0. The van der Waals surface area contributed by atoms with Crippen molar-refractivity contribution in [3.05, 3.63) is 87.4 Å². The number of amides is 4. The van der Waals surface area contributed by atoms with E-state index in [-0.39, 0.29) is 5.57 Å². The van der Waals surface area contributed by atoms with E-state index >= 15 is 0 Å². The second-order valence-electron chi connectivity index (χ2n) is 8.19. The lowest BCUT2D eigenvalue weighted by Crippen LogP contribution is -2.54. The summed E-state index contributed by atoms with van der Waals surface area (Å²) in [5, 5.41) is 2.23. The summed E-state index contributed by atoms with van der Waals surface area (Å²) in [4.78, 5) is 39.3. The molecule has 0 aliphatic carbocycles. The highest BCUT2D eigenvalue weighted by molar-refractivity contribution is 9.10. The molecule has 0 spiro atoms. The van der Waals surface area contributed by atoms with Gasteiger partial charge < -0.3 is 14.2 Å². The average molecular weight is 565 g/mol.